The van der Waals surface area contributed by atoms with E-state index in [-0.39, 0.29) is 0 Å². The van der Waals surface area contributed by atoms with Gasteiger partial charge in [-0.1, -0.05) is 36.4 Å². The molecule has 0 unspecified atom stereocenters. The lowest BCUT2D eigenvalue weighted by atomic mass is 9.95. The minimum absolute atomic E-state index is 1.27. The van der Waals surface area contributed by atoms with Crippen LogP contribution in [0.25, 0.3) is 44.3 Å². The minimum Gasteiger partial charge on any atom is -0.201 e. The molecule has 1 heterocycles. The van der Waals surface area contributed by atoms with Crippen molar-refractivity contribution >= 4 is 10.8 Å². The van der Waals surface area contributed by atoms with Crippen molar-refractivity contribution in [2.24, 2.45) is 7.05 Å². The van der Waals surface area contributed by atoms with Gasteiger partial charge in [0.05, 0.1) is 0 Å². The average molecular weight is 322 g/mol. The van der Waals surface area contributed by atoms with Gasteiger partial charge in [-0.25, -0.2) is 4.57 Å². The highest BCUT2D eigenvalue weighted by Gasteiger charge is 2.24. The zero-order valence-corrected chi connectivity index (χ0v) is 14.8. The Morgan fingerprint density at radius 1 is 0.680 bits per heavy atom. The summed E-state index contributed by atoms with van der Waals surface area (Å²) in [6.07, 6.45) is 2.15. The molecule has 4 aromatic rings. The van der Waals surface area contributed by atoms with Gasteiger partial charge in [-0.2, -0.15) is 0 Å². The van der Waals surface area contributed by atoms with Crippen molar-refractivity contribution in [3.05, 3.63) is 78.0 Å². The van der Waals surface area contributed by atoms with Gasteiger partial charge in [0, 0.05) is 17.7 Å². The van der Waals surface area contributed by atoms with Gasteiger partial charge in [-0.3, -0.25) is 0 Å². The topological polar surface area (TPSA) is 3.88 Å². The maximum atomic E-state index is 2.38. The van der Waals surface area contributed by atoms with Gasteiger partial charge in [0.25, 0.3) is 0 Å². The largest absolute Gasteiger partial charge is 0.212 e. The quantitative estimate of drug-likeness (QED) is 0.354. The highest BCUT2D eigenvalue weighted by atomic mass is 14.9. The summed E-state index contributed by atoms with van der Waals surface area (Å²) in [7, 11) is 2.12. The summed E-state index contributed by atoms with van der Waals surface area (Å²) >= 11 is 0. The number of nitrogens with zero attached hydrogens (tertiary/aromatic N) is 1. The first-order valence-corrected chi connectivity index (χ1v) is 8.77. The summed E-state index contributed by atoms with van der Waals surface area (Å²) in [6, 6.07) is 22.4. The first kappa shape index (κ1) is 14.4. The Bertz CT molecular complexity index is 1160. The molecule has 1 heteroatoms. The molecule has 1 nitrogen and oxygen atoms in total. The van der Waals surface area contributed by atoms with E-state index in [0.29, 0.717) is 0 Å². The van der Waals surface area contributed by atoms with Crippen LogP contribution < -0.4 is 4.57 Å². The number of hydrogen-bond acceptors (Lipinski definition) is 0. The molecule has 0 bridgehead atoms. The molecule has 1 aliphatic rings. The smallest absolute Gasteiger partial charge is 0.201 e. The van der Waals surface area contributed by atoms with E-state index in [1.165, 1.54) is 55.4 Å². The minimum atomic E-state index is 1.27. The van der Waals surface area contributed by atoms with E-state index in [1.54, 1.807) is 0 Å². The van der Waals surface area contributed by atoms with E-state index >= 15 is 0 Å². The van der Waals surface area contributed by atoms with E-state index in [1.807, 2.05) is 0 Å². The molecule has 5 rings (SSSR count). The molecule has 0 saturated heterocycles. The molecular weight excluding hydrogens is 302 g/mol. The summed E-state index contributed by atoms with van der Waals surface area (Å²) in [5.74, 6) is 0. The van der Waals surface area contributed by atoms with Gasteiger partial charge >= 0.3 is 0 Å². The SMILES string of the molecule is Cc1cc[n+](C)c(-c2cc3c(cc2C)-c2cccc4cccc-3c24)c1. The number of benzene rings is 3. The maximum Gasteiger partial charge on any atom is 0.212 e. The first-order chi connectivity index (χ1) is 12.1. The van der Waals surface area contributed by atoms with Crippen molar-refractivity contribution in [1.29, 1.82) is 0 Å². The molecule has 25 heavy (non-hydrogen) atoms. The number of aryl methyl sites for hydroxylation is 3. The van der Waals surface area contributed by atoms with Crippen LogP contribution in [0.5, 0.6) is 0 Å². The van der Waals surface area contributed by atoms with Crippen LogP contribution in [0.1, 0.15) is 11.1 Å². The molecule has 0 spiro atoms. The summed E-state index contributed by atoms with van der Waals surface area (Å²) in [4.78, 5) is 0. The molecular formula is C24H20N+. The summed E-state index contributed by atoms with van der Waals surface area (Å²) in [5, 5.41) is 2.72. The van der Waals surface area contributed by atoms with Gasteiger partial charge in [-0.15, -0.1) is 0 Å². The Kier molecular flexibility index (Phi) is 2.90. The molecule has 3 aromatic carbocycles. The molecule has 0 saturated carbocycles. The number of aromatic nitrogens is 1. The average Bonchev–Trinajstić information content (AvgIpc) is 2.92. The second-order valence-electron chi connectivity index (χ2n) is 7.12. The number of rotatable bonds is 1. The third-order valence-corrected chi connectivity index (χ3v) is 5.43. The zero-order chi connectivity index (χ0) is 17.1. The van der Waals surface area contributed by atoms with Crippen LogP contribution in [-0.2, 0) is 7.05 Å². The van der Waals surface area contributed by atoms with Crippen LogP contribution in [-0.4, -0.2) is 0 Å². The predicted molar refractivity (Wildman–Crippen MR) is 104 cm³/mol. The highest BCUT2D eigenvalue weighted by Crippen LogP contribution is 2.48. The Balaban J connectivity index is 1.84. The van der Waals surface area contributed by atoms with Gasteiger partial charge in [-0.05, 0) is 70.1 Å². The first-order valence-electron chi connectivity index (χ1n) is 8.77. The number of pyridine rings is 1. The Morgan fingerprint density at radius 3 is 2.08 bits per heavy atom. The standard InChI is InChI=1S/C24H20N/c1-15-10-11-25(3)23(12-15)20-14-22-19-9-5-7-17-6-4-8-18(24(17)19)21(22)13-16(20)2/h4-14H,1-3H3/q+1. The van der Waals surface area contributed by atoms with Crippen LogP contribution in [0, 0.1) is 13.8 Å². The van der Waals surface area contributed by atoms with Crippen LogP contribution in [0.4, 0.5) is 0 Å². The number of fused-ring (bicyclic) bond motifs is 3. The lowest BCUT2D eigenvalue weighted by Gasteiger charge is -2.10. The molecule has 0 fully saturated rings. The van der Waals surface area contributed by atoms with Gasteiger partial charge in [0.15, 0.2) is 6.20 Å². The lowest BCUT2D eigenvalue weighted by Crippen LogP contribution is -2.30. The fourth-order valence-electron chi connectivity index (χ4n) is 4.16. The normalized spacial score (nSPS) is 11.8. The van der Waals surface area contributed by atoms with Crippen molar-refractivity contribution in [3.63, 3.8) is 0 Å². The molecule has 0 atom stereocenters. The lowest BCUT2D eigenvalue weighted by molar-refractivity contribution is -0.660. The van der Waals surface area contributed by atoms with Crippen LogP contribution >= 0.6 is 0 Å². The molecule has 0 radical (unpaired) electrons. The van der Waals surface area contributed by atoms with E-state index in [4.69, 9.17) is 0 Å². The number of hydrogen-bond donors (Lipinski definition) is 0. The van der Waals surface area contributed by atoms with Gasteiger partial charge in [0.1, 0.15) is 7.05 Å². The van der Waals surface area contributed by atoms with Crippen molar-refractivity contribution < 1.29 is 4.57 Å². The highest BCUT2D eigenvalue weighted by molar-refractivity contribution is 6.15. The van der Waals surface area contributed by atoms with Crippen LogP contribution in [0.15, 0.2) is 66.9 Å². The Labute approximate surface area is 148 Å². The monoisotopic (exact) mass is 322 g/mol. The zero-order valence-electron chi connectivity index (χ0n) is 14.8. The third-order valence-electron chi connectivity index (χ3n) is 5.43. The van der Waals surface area contributed by atoms with E-state index in [0.717, 1.165) is 0 Å². The fraction of sp³-hybridized carbons (Fsp3) is 0.125. The molecule has 1 aromatic heterocycles. The van der Waals surface area contributed by atoms with Crippen LogP contribution in [0.3, 0.4) is 0 Å². The van der Waals surface area contributed by atoms with Crippen molar-refractivity contribution in [3.8, 4) is 33.5 Å². The predicted octanol–water partition coefficient (Wildman–Crippen LogP) is 5.60. The molecule has 0 aliphatic heterocycles. The fourth-order valence-corrected chi connectivity index (χ4v) is 4.16. The van der Waals surface area contributed by atoms with Crippen molar-refractivity contribution in [1.82, 2.24) is 0 Å². The van der Waals surface area contributed by atoms with Crippen molar-refractivity contribution in [2.75, 3.05) is 0 Å². The van der Waals surface area contributed by atoms with Crippen LogP contribution in [0.2, 0.25) is 0 Å². The van der Waals surface area contributed by atoms with Gasteiger partial charge in [0.2, 0.25) is 5.69 Å². The maximum absolute atomic E-state index is 2.38. The Hall–Kier alpha value is -2.93. The van der Waals surface area contributed by atoms with E-state index < -0.39 is 0 Å². The molecule has 0 N–H and O–H groups in total. The summed E-state index contributed by atoms with van der Waals surface area (Å²) < 4.78 is 2.21. The van der Waals surface area contributed by atoms with E-state index in [9.17, 15) is 0 Å². The second kappa shape index (κ2) is 5.03. The summed E-state index contributed by atoms with van der Waals surface area (Å²) in [5.41, 5.74) is 10.6. The molecule has 1 aliphatic carbocycles. The van der Waals surface area contributed by atoms with Crippen molar-refractivity contribution in [2.45, 2.75) is 13.8 Å². The Morgan fingerprint density at radius 2 is 1.36 bits per heavy atom. The molecule has 0 amide bonds. The second-order valence-corrected chi connectivity index (χ2v) is 7.12. The van der Waals surface area contributed by atoms with Gasteiger partial charge < -0.3 is 0 Å². The molecule has 120 valence electrons. The van der Waals surface area contributed by atoms with E-state index in [2.05, 4.69) is 92.3 Å². The summed E-state index contributed by atoms with van der Waals surface area (Å²) in [6.45, 7) is 4.38. The third kappa shape index (κ3) is 1.99.